The lowest BCUT2D eigenvalue weighted by molar-refractivity contribution is 0.0946. The van der Waals surface area contributed by atoms with Gasteiger partial charge in [0.15, 0.2) is 17.9 Å². The lowest BCUT2D eigenvalue weighted by Gasteiger charge is -2.34. The summed E-state index contributed by atoms with van der Waals surface area (Å²) in [4.78, 5) is 36.2. The summed E-state index contributed by atoms with van der Waals surface area (Å²) >= 11 is 0. The highest BCUT2D eigenvalue weighted by Gasteiger charge is 2.31. The van der Waals surface area contributed by atoms with Crippen LogP contribution in [-0.4, -0.2) is 28.9 Å². The quantitative estimate of drug-likeness (QED) is 0.729. The van der Waals surface area contributed by atoms with Crippen molar-refractivity contribution in [2.45, 2.75) is 32.9 Å². The van der Waals surface area contributed by atoms with Gasteiger partial charge in [0, 0.05) is 17.6 Å². The number of carbonyl (C=O) groups is 3. The van der Waals surface area contributed by atoms with Crippen molar-refractivity contribution in [2.24, 2.45) is 0 Å². The summed E-state index contributed by atoms with van der Waals surface area (Å²) in [7, 11) is 0. The molecule has 0 aliphatic heterocycles. The molecule has 0 heterocycles. The van der Waals surface area contributed by atoms with Gasteiger partial charge in [-0.15, -0.1) is 0 Å². The van der Waals surface area contributed by atoms with Gasteiger partial charge in [-0.05, 0) is 50.6 Å². The van der Waals surface area contributed by atoms with Gasteiger partial charge in [-0.25, -0.2) is 18.0 Å². The molecule has 0 saturated heterocycles. The minimum Gasteiger partial charge on any atom is -0.465 e. The highest BCUT2D eigenvalue weighted by atomic mass is 19.2. The third-order valence-electron chi connectivity index (χ3n) is 4.03. The number of anilines is 1. The molecule has 2 aromatic carbocycles. The van der Waals surface area contributed by atoms with Crippen molar-refractivity contribution in [3.63, 3.8) is 0 Å². The Morgan fingerprint density at radius 1 is 1.07 bits per heavy atom. The lowest BCUT2D eigenvalue weighted by atomic mass is 10.0. The first-order chi connectivity index (χ1) is 13.5. The summed E-state index contributed by atoms with van der Waals surface area (Å²) in [6.07, 6.45) is -1.07. The van der Waals surface area contributed by atoms with Crippen molar-refractivity contribution in [3.8, 4) is 0 Å². The zero-order valence-electron chi connectivity index (χ0n) is 15.9. The first kappa shape index (κ1) is 21.9. The predicted octanol–water partition coefficient (Wildman–Crippen LogP) is 4.13. The summed E-state index contributed by atoms with van der Waals surface area (Å²) < 4.78 is 40.7. The molecule has 0 fully saturated rings. The molecule has 0 aliphatic rings. The van der Waals surface area contributed by atoms with Crippen LogP contribution >= 0.6 is 0 Å². The molecule has 0 radical (unpaired) electrons. The smallest absolute Gasteiger partial charge is 0.412 e. The monoisotopic (exact) mass is 408 g/mol. The van der Waals surface area contributed by atoms with Gasteiger partial charge in [0.1, 0.15) is 5.82 Å². The average Bonchev–Trinajstić information content (AvgIpc) is 2.61. The first-order valence-corrected chi connectivity index (χ1v) is 8.49. The second-order valence-corrected chi connectivity index (χ2v) is 7.23. The highest BCUT2D eigenvalue weighted by Crippen LogP contribution is 2.29. The number of benzene rings is 2. The summed E-state index contributed by atoms with van der Waals surface area (Å²) in [6.45, 7) is 4.49. The van der Waals surface area contributed by atoms with E-state index in [2.05, 4.69) is 5.32 Å². The standard InChI is InChI=1S/C20H19F3N2O4/c1-20(2,3)25(19(28)29)17-8-15(22)13(7-12(17)10-26)18(27)24-9-11-4-5-14(21)16(23)6-11/h4-8,10H,9H2,1-3H3,(H,24,27)(H,28,29). The van der Waals surface area contributed by atoms with Crippen LogP contribution in [0.15, 0.2) is 30.3 Å². The molecular weight excluding hydrogens is 389 g/mol. The molecule has 9 heteroatoms. The minimum absolute atomic E-state index is 0.193. The fraction of sp³-hybridized carbons (Fsp3) is 0.250. The maximum atomic E-state index is 14.6. The van der Waals surface area contributed by atoms with Crippen LogP contribution in [-0.2, 0) is 6.54 Å². The van der Waals surface area contributed by atoms with Gasteiger partial charge >= 0.3 is 6.09 Å². The fourth-order valence-corrected chi connectivity index (χ4v) is 2.72. The molecule has 0 aliphatic carbocycles. The van der Waals surface area contributed by atoms with Crippen LogP contribution in [0.1, 0.15) is 47.1 Å². The Hall–Kier alpha value is -3.36. The number of aldehydes is 1. The Bertz CT molecular complexity index is 971. The Labute approximate surface area is 164 Å². The van der Waals surface area contributed by atoms with Crippen LogP contribution in [0.4, 0.5) is 23.7 Å². The molecule has 0 atom stereocenters. The second-order valence-electron chi connectivity index (χ2n) is 7.23. The van der Waals surface area contributed by atoms with Crippen LogP contribution in [0.2, 0.25) is 0 Å². The molecule has 0 saturated carbocycles. The number of amides is 2. The van der Waals surface area contributed by atoms with Gasteiger partial charge in [-0.3, -0.25) is 14.5 Å². The van der Waals surface area contributed by atoms with Crippen molar-refractivity contribution >= 4 is 24.0 Å². The summed E-state index contributed by atoms with van der Waals surface area (Å²) in [5, 5.41) is 11.8. The Morgan fingerprint density at radius 2 is 1.72 bits per heavy atom. The van der Waals surface area contributed by atoms with E-state index in [0.717, 1.165) is 29.2 Å². The van der Waals surface area contributed by atoms with Crippen LogP contribution in [0.5, 0.6) is 0 Å². The zero-order valence-corrected chi connectivity index (χ0v) is 15.9. The molecular formula is C20H19F3N2O4. The van der Waals surface area contributed by atoms with E-state index in [-0.39, 0.29) is 23.4 Å². The average molecular weight is 408 g/mol. The number of nitrogens with zero attached hydrogens (tertiary/aromatic N) is 1. The number of halogens is 3. The topological polar surface area (TPSA) is 86.7 Å². The van der Waals surface area contributed by atoms with Crippen LogP contribution in [0.3, 0.4) is 0 Å². The van der Waals surface area contributed by atoms with E-state index in [0.29, 0.717) is 6.29 Å². The fourth-order valence-electron chi connectivity index (χ4n) is 2.72. The molecule has 2 aromatic rings. The van der Waals surface area contributed by atoms with Gasteiger partial charge in [0.25, 0.3) is 5.91 Å². The van der Waals surface area contributed by atoms with Crippen molar-refractivity contribution < 1.29 is 32.7 Å². The minimum atomic E-state index is -1.39. The van der Waals surface area contributed by atoms with Gasteiger partial charge in [-0.1, -0.05) is 6.07 Å². The summed E-state index contributed by atoms with van der Waals surface area (Å²) in [5.74, 6) is -4.07. The van der Waals surface area contributed by atoms with Crippen LogP contribution in [0, 0.1) is 17.5 Å². The SMILES string of the molecule is CC(C)(C)N(C(=O)O)c1cc(F)c(C(=O)NCc2ccc(F)c(F)c2)cc1C=O. The van der Waals surface area contributed by atoms with Crippen molar-refractivity contribution in [1.29, 1.82) is 0 Å². The third-order valence-corrected chi connectivity index (χ3v) is 4.03. The molecule has 2 amide bonds. The van der Waals surface area contributed by atoms with Gasteiger partial charge in [-0.2, -0.15) is 0 Å². The van der Waals surface area contributed by atoms with Crippen molar-refractivity contribution in [1.82, 2.24) is 5.32 Å². The molecule has 0 spiro atoms. The van der Waals surface area contributed by atoms with Crippen molar-refractivity contribution in [3.05, 3.63) is 64.5 Å². The second kappa shape index (κ2) is 8.34. The van der Waals surface area contributed by atoms with E-state index < -0.39 is 40.6 Å². The largest absolute Gasteiger partial charge is 0.465 e. The number of nitrogens with one attached hydrogen (secondary N) is 1. The molecule has 6 nitrogen and oxygen atoms in total. The van der Waals surface area contributed by atoms with Gasteiger partial charge in [0.2, 0.25) is 0 Å². The first-order valence-electron chi connectivity index (χ1n) is 8.49. The van der Waals surface area contributed by atoms with Crippen molar-refractivity contribution in [2.75, 3.05) is 4.90 Å². The number of rotatable bonds is 5. The third kappa shape index (κ3) is 4.92. The molecule has 2 N–H and O–H groups in total. The normalized spacial score (nSPS) is 11.1. The number of hydrogen-bond donors (Lipinski definition) is 2. The van der Waals surface area contributed by atoms with Gasteiger partial charge < -0.3 is 10.4 Å². The maximum absolute atomic E-state index is 14.6. The van der Waals surface area contributed by atoms with E-state index in [9.17, 15) is 32.7 Å². The van der Waals surface area contributed by atoms with Crippen LogP contribution in [0.25, 0.3) is 0 Å². The van der Waals surface area contributed by atoms with E-state index in [1.54, 1.807) is 20.8 Å². The predicted molar refractivity (Wildman–Crippen MR) is 99.6 cm³/mol. The molecule has 0 bridgehead atoms. The Kier molecular flexibility index (Phi) is 6.31. The Balaban J connectivity index is 2.34. The molecule has 0 aromatic heterocycles. The lowest BCUT2D eigenvalue weighted by Crippen LogP contribution is -2.45. The number of carbonyl (C=O) groups excluding carboxylic acids is 2. The highest BCUT2D eigenvalue weighted by molar-refractivity contribution is 6.00. The van der Waals surface area contributed by atoms with Crippen LogP contribution < -0.4 is 10.2 Å². The van der Waals surface area contributed by atoms with E-state index >= 15 is 0 Å². The summed E-state index contributed by atoms with van der Waals surface area (Å²) in [6, 6.07) is 4.78. The molecule has 0 unspecified atom stereocenters. The van der Waals surface area contributed by atoms with E-state index in [1.807, 2.05) is 0 Å². The van der Waals surface area contributed by atoms with E-state index in [1.165, 1.54) is 6.07 Å². The number of carboxylic acid groups (broad SMARTS) is 1. The summed E-state index contributed by atoms with van der Waals surface area (Å²) in [5.41, 5.74) is -1.62. The maximum Gasteiger partial charge on any atom is 0.412 e. The Morgan fingerprint density at radius 3 is 2.24 bits per heavy atom. The van der Waals surface area contributed by atoms with Gasteiger partial charge in [0.05, 0.1) is 11.3 Å². The molecule has 154 valence electrons. The number of hydrogen-bond acceptors (Lipinski definition) is 3. The van der Waals surface area contributed by atoms with E-state index in [4.69, 9.17) is 0 Å². The molecule has 2 rings (SSSR count). The zero-order chi connectivity index (χ0) is 21.9. The molecule has 29 heavy (non-hydrogen) atoms.